The molecule has 1 aromatic rings. The molecule has 0 spiro atoms. The number of aliphatic hydroxyl groups excluding tert-OH is 1. The Balaban J connectivity index is 2.24. The summed E-state index contributed by atoms with van der Waals surface area (Å²) in [7, 11) is 0. The van der Waals surface area contributed by atoms with Gasteiger partial charge in [-0.25, -0.2) is 4.99 Å². The van der Waals surface area contributed by atoms with E-state index in [1.807, 2.05) is 24.3 Å². The maximum absolute atomic E-state index is 8.88. The van der Waals surface area contributed by atoms with Crippen molar-refractivity contribution in [2.24, 2.45) is 10.7 Å². The predicted molar refractivity (Wildman–Crippen MR) is 103 cm³/mol. The summed E-state index contributed by atoms with van der Waals surface area (Å²) in [5.74, 6) is 0.428. The molecule has 1 aliphatic rings. The number of nitrogens with one attached hydrogen (secondary N) is 1. The first-order chi connectivity index (χ1) is 12.0. The van der Waals surface area contributed by atoms with Crippen LogP contribution in [-0.4, -0.2) is 42.3 Å². The smallest absolute Gasteiger partial charge is 0.144 e. The number of aliphatic imine (C=N–C) groups is 1. The van der Waals surface area contributed by atoms with E-state index in [-0.39, 0.29) is 18.9 Å². The Bertz CT molecular complexity index is 703. The molecule has 0 heterocycles. The first kappa shape index (κ1) is 18.7. The molecule has 2 rings (SSSR count). The summed E-state index contributed by atoms with van der Waals surface area (Å²) in [5, 5.41) is 16.9. The molecule has 0 radical (unpaired) electrons. The van der Waals surface area contributed by atoms with E-state index in [9.17, 15) is 0 Å². The van der Waals surface area contributed by atoms with Crippen LogP contribution in [0.3, 0.4) is 0 Å². The van der Waals surface area contributed by atoms with Gasteiger partial charge in [-0.3, -0.25) is 5.41 Å². The zero-order chi connectivity index (χ0) is 18.4. The van der Waals surface area contributed by atoms with Gasteiger partial charge in [0.2, 0.25) is 0 Å². The van der Waals surface area contributed by atoms with Crippen molar-refractivity contribution in [3.8, 4) is 0 Å². The fourth-order valence-electron chi connectivity index (χ4n) is 2.66. The Morgan fingerprint density at radius 1 is 1.24 bits per heavy atom. The van der Waals surface area contributed by atoms with E-state index in [1.165, 1.54) is 6.08 Å². The molecule has 0 unspecified atom stereocenters. The van der Waals surface area contributed by atoms with Crippen LogP contribution in [0.1, 0.15) is 20.8 Å². The molecule has 0 amide bonds. The lowest BCUT2D eigenvalue weighted by molar-refractivity contribution is 0.149. The van der Waals surface area contributed by atoms with Gasteiger partial charge >= 0.3 is 0 Å². The number of nitrogens with zero attached hydrogens (tertiary/aromatic N) is 2. The molecule has 0 bridgehead atoms. The number of rotatable bonds is 7. The Kier molecular flexibility index (Phi) is 6.36. The van der Waals surface area contributed by atoms with Crippen molar-refractivity contribution >= 4 is 22.8 Å². The molecule has 6 nitrogen and oxygen atoms in total. The van der Waals surface area contributed by atoms with Gasteiger partial charge in [-0.15, -0.1) is 0 Å². The van der Waals surface area contributed by atoms with Crippen molar-refractivity contribution in [2.45, 2.75) is 26.8 Å². The highest BCUT2D eigenvalue weighted by Crippen LogP contribution is 2.23. The number of hydrogen-bond donors (Lipinski definition) is 3. The van der Waals surface area contributed by atoms with E-state index in [1.54, 1.807) is 6.08 Å². The highest BCUT2D eigenvalue weighted by atomic mass is 16.5. The van der Waals surface area contributed by atoms with Gasteiger partial charge in [0, 0.05) is 24.4 Å². The van der Waals surface area contributed by atoms with Gasteiger partial charge in [0.25, 0.3) is 0 Å². The molecule has 0 saturated carbocycles. The average molecular weight is 342 g/mol. The Hall–Kier alpha value is -2.60. The number of benzene rings is 1. The van der Waals surface area contributed by atoms with Gasteiger partial charge < -0.3 is 20.5 Å². The molecular weight excluding hydrogens is 316 g/mol. The summed E-state index contributed by atoms with van der Waals surface area (Å²) in [4.78, 5) is 6.81. The van der Waals surface area contributed by atoms with E-state index in [0.29, 0.717) is 23.2 Å². The van der Waals surface area contributed by atoms with Gasteiger partial charge in [-0.1, -0.05) is 0 Å². The standard InChI is InChI=1S/C19H26N4O2/c1-4-23(13(2)3)15-7-5-14(6-8-15)22-18-12-19(25-10-9-24)17(21)11-16(18)20/h5-8,11-13,20,24H,4,9-10,21H2,1-3H3. The van der Waals surface area contributed by atoms with E-state index >= 15 is 0 Å². The molecule has 1 aliphatic carbocycles. The van der Waals surface area contributed by atoms with Crippen LogP contribution in [0.5, 0.6) is 0 Å². The molecule has 4 N–H and O–H groups in total. The first-order valence-corrected chi connectivity index (χ1v) is 8.43. The maximum Gasteiger partial charge on any atom is 0.144 e. The summed E-state index contributed by atoms with van der Waals surface area (Å²) < 4.78 is 5.39. The van der Waals surface area contributed by atoms with Gasteiger partial charge in [-0.2, -0.15) is 0 Å². The lowest BCUT2D eigenvalue weighted by atomic mass is 10.1. The van der Waals surface area contributed by atoms with Crippen molar-refractivity contribution in [1.82, 2.24) is 0 Å². The molecule has 0 atom stereocenters. The molecule has 134 valence electrons. The maximum atomic E-state index is 8.88. The van der Waals surface area contributed by atoms with E-state index in [0.717, 1.165) is 17.9 Å². The largest absolute Gasteiger partial charge is 0.489 e. The van der Waals surface area contributed by atoms with Gasteiger partial charge in [-0.05, 0) is 51.1 Å². The fourth-order valence-corrected chi connectivity index (χ4v) is 2.66. The van der Waals surface area contributed by atoms with Crippen molar-refractivity contribution in [1.29, 1.82) is 5.41 Å². The molecule has 0 aliphatic heterocycles. The highest BCUT2D eigenvalue weighted by molar-refractivity contribution is 6.50. The second-order valence-corrected chi connectivity index (χ2v) is 5.99. The Morgan fingerprint density at radius 2 is 1.92 bits per heavy atom. The topological polar surface area (TPSA) is 94.9 Å². The van der Waals surface area contributed by atoms with Crippen LogP contribution in [0, 0.1) is 5.41 Å². The molecule has 0 saturated heterocycles. The molecular formula is C19H26N4O2. The van der Waals surface area contributed by atoms with Gasteiger partial charge in [0.1, 0.15) is 12.4 Å². The predicted octanol–water partition coefficient (Wildman–Crippen LogP) is 2.76. The van der Waals surface area contributed by atoms with Crippen LogP contribution in [0.4, 0.5) is 11.4 Å². The fraction of sp³-hybridized carbons (Fsp3) is 0.368. The van der Waals surface area contributed by atoms with E-state index in [2.05, 4.69) is 30.7 Å². The summed E-state index contributed by atoms with van der Waals surface area (Å²) in [6.07, 6.45) is 3.14. The van der Waals surface area contributed by atoms with E-state index in [4.69, 9.17) is 21.0 Å². The number of anilines is 1. The van der Waals surface area contributed by atoms with Crippen LogP contribution in [0.15, 0.2) is 52.9 Å². The highest BCUT2D eigenvalue weighted by Gasteiger charge is 2.15. The lowest BCUT2D eigenvalue weighted by Crippen LogP contribution is -2.30. The normalized spacial score (nSPS) is 16.0. The number of ether oxygens (including phenoxy) is 1. The summed E-state index contributed by atoms with van der Waals surface area (Å²) in [6.45, 7) is 7.45. The quantitative estimate of drug-likeness (QED) is 0.664. The molecule has 0 fully saturated rings. The second-order valence-electron chi connectivity index (χ2n) is 5.99. The monoisotopic (exact) mass is 342 g/mol. The molecule has 0 aromatic heterocycles. The number of nitrogens with two attached hydrogens (primary N) is 1. The number of allylic oxidation sites excluding steroid dienone is 2. The number of aliphatic hydroxyl groups is 1. The van der Waals surface area contributed by atoms with Crippen LogP contribution < -0.4 is 10.6 Å². The SMILES string of the molecule is CCN(c1ccc(N=C2C=C(OCCO)C(N)=CC2=N)cc1)C(C)C. The van der Waals surface area contributed by atoms with E-state index < -0.39 is 0 Å². The third kappa shape index (κ3) is 4.70. The van der Waals surface area contributed by atoms with Gasteiger partial charge in [0.15, 0.2) is 0 Å². The number of hydrogen-bond acceptors (Lipinski definition) is 6. The van der Waals surface area contributed by atoms with Gasteiger partial charge in [0.05, 0.1) is 29.4 Å². The second kappa shape index (κ2) is 8.48. The molecule has 25 heavy (non-hydrogen) atoms. The zero-order valence-corrected chi connectivity index (χ0v) is 15.0. The summed E-state index contributed by atoms with van der Waals surface area (Å²) >= 11 is 0. The average Bonchev–Trinajstić information content (AvgIpc) is 2.58. The van der Waals surface area contributed by atoms with Crippen molar-refractivity contribution < 1.29 is 9.84 Å². The minimum Gasteiger partial charge on any atom is -0.489 e. The molecule has 6 heteroatoms. The zero-order valence-electron chi connectivity index (χ0n) is 15.0. The van der Waals surface area contributed by atoms with Crippen LogP contribution >= 0.6 is 0 Å². The van der Waals surface area contributed by atoms with Crippen molar-refractivity contribution in [3.05, 3.63) is 47.9 Å². The van der Waals surface area contributed by atoms with Crippen LogP contribution in [0.25, 0.3) is 0 Å². The van der Waals surface area contributed by atoms with Crippen LogP contribution in [0.2, 0.25) is 0 Å². The minimum atomic E-state index is -0.0974. The van der Waals surface area contributed by atoms with Crippen molar-refractivity contribution in [2.75, 3.05) is 24.7 Å². The van der Waals surface area contributed by atoms with Crippen LogP contribution in [-0.2, 0) is 4.74 Å². The summed E-state index contributed by atoms with van der Waals surface area (Å²) in [6, 6.07) is 8.37. The lowest BCUT2D eigenvalue weighted by Gasteiger charge is -2.27. The van der Waals surface area contributed by atoms with Crippen molar-refractivity contribution in [3.63, 3.8) is 0 Å². The third-order valence-electron chi connectivity index (χ3n) is 3.87. The Morgan fingerprint density at radius 3 is 2.48 bits per heavy atom. The minimum absolute atomic E-state index is 0.0974. The molecule has 1 aromatic carbocycles. The Labute approximate surface area is 148 Å². The summed E-state index contributed by atoms with van der Waals surface area (Å²) in [5.41, 5.74) is 8.83. The first-order valence-electron chi connectivity index (χ1n) is 8.43. The third-order valence-corrected chi connectivity index (χ3v) is 3.87.